The number of amides is 1. The molecule has 0 saturated carbocycles. The number of piperazine rings is 1. The fourth-order valence-corrected chi connectivity index (χ4v) is 5.25. The highest BCUT2D eigenvalue weighted by molar-refractivity contribution is 7.89. The lowest BCUT2D eigenvalue weighted by molar-refractivity contribution is -0.895. The number of nitrogens with one attached hydrogen (secondary N) is 2. The van der Waals surface area contributed by atoms with Gasteiger partial charge in [-0.3, -0.25) is 4.79 Å². The first-order chi connectivity index (χ1) is 13.4. The molecule has 3 rings (SSSR count). The molecule has 1 saturated heterocycles. The highest BCUT2D eigenvalue weighted by Crippen LogP contribution is 2.16. The van der Waals surface area contributed by atoms with Crippen molar-refractivity contribution in [1.82, 2.24) is 9.73 Å². The normalized spacial score (nSPS) is 16.5. The van der Waals surface area contributed by atoms with E-state index in [4.69, 9.17) is 0 Å². The van der Waals surface area contributed by atoms with Crippen LogP contribution in [0.15, 0.2) is 45.7 Å². The number of rotatable bonds is 6. The third-order valence-electron chi connectivity index (χ3n) is 4.77. The molecule has 9 heteroatoms. The molecule has 2 N–H and O–H groups in total. The first kappa shape index (κ1) is 20.7. The van der Waals surface area contributed by atoms with Gasteiger partial charge in [0.15, 0.2) is 6.54 Å². The van der Waals surface area contributed by atoms with Crippen LogP contribution in [0.4, 0.5) is 0 Å². The first-order valence-electron chi connectivity index (χ1n) is 9.12. The van der Waals surface area contributed by atoms with Crippen LogP contribution in [0.25, 0.3) is 0 Å². The minimum atomic E-state index is -3.48. The summed E-state index contributed by atoms with van der Waals surface area (Å²) in [7, 11) is -3.48. The van der Waals surface area contributed by atoms with Crippen LogP contribution in [0.5, 0.6) is 0 Å². The minimum Gasteiger partial charge on any atom is -0.325 e. The Labute approximate surface area is 169 Å². The predicted molar refractivity (Wildman–Crippen MR) is 110 cm³/mol. The van der Waals surface area contributed by atoms with Gasteiger partial charge in [0.2, 0.25) is 10.0 Å². The van der Waals surface area contributed by atoms with Crippen molar-refractivity contribution >= 4 is 33.5 Å². The number of quaternary nitrogens is 1. The van der Waals surface area contributed by atoms with Crippen LogP contribution in [0.1, 0.15) is 16.0 Å². The first-order valence-corrected chi connectivity index (χ1v) is 11.4. The number of carbonyl (C=O) groups is 1. The molecule has 2 aromatic rings. The van der Waals surface area contributed by atoms with E-state index >= 15 is 0 Å². The molecule has 150 valence electrons. The second-order valence-corrected chi connectivity index (χ2v) is 9.79. The number of thiophene rings is 1. The third kappa shape index (κ3) is 5.05. The maximum absolute atomic E-state index is 12.7. The van der Waals surface area contributed by atoms with E-state index in [-0.39, 0.29) is 12.5 Å². The van der Waals surface area contributed by atoms with E-state index in [0.717, 1.165) is 20.9 Å². The van der Waals surface area contributed by atoms with Gasteiger partial charge in [-0.15, -0.1) is 11.3 Å². The van der Waals surface area contributed by atoms with E-state index in [1.165, 1.54) is 4.31 Å². The number of sulfonamides is 1. The van der Waals surface area contributed by atoms with Gasteiger partial charge in [-0.25, -0.2) is 13.8 Å². The maximum atomic E-state index is 12.7. The molecule has 7 nitrogen and oxygen atoms in total. The molecular weight excluding hydrogens is 396 g/mol. The van der Waals surface area contributed by atoms with Crippen LogP contribution in [-0.2, 0) is 14.8 Å². The molecule has 1 aliphatic rings. The van der Waals surface area contributed by atoms with Crippen LogP contribution >= 0.6 is 11.3 Å². The minimum absolute atomic E-state index is 0.171. The lowest BCUT2D eigenvalue weighted by Crippen LogP contribution is -3.15. The van der Waals surface area contributed by atoms with Crippen molar-refractivity contribution < 1.29 is 18.1 Å². The fourth-order valence-electron chi connectivity index (χ4n) is 3.03. The highest BCUT2D eigenvalue weighted by atomic mass is 32.2. The van der Waals surface area contributed by atoms with Crippen molar-refractivity contribution in [2.24, 2.45) is 5.10 Å². The lowest BCUT2D eigenvalue weighted by atomic mass is 10.2. The summed E-state index contributed by atoms with van der Waals surface area (Å²) in [6.07, 6.45) is 1.65. The van der Waals surface area contributed by atoms with Crippen LogP contribution in [-0.4, -0.2) is 57.6 Å². The smallest absolute Gasteiger partial charge is 0.295 e. The molecule has 1 aromatic heterocycles. The van der Waals surface area contributed by atoms with Crippen LogP contribution in [0.3, 0.4) is 0 Å². The molecule has 0 atom stereocenters. The van der Waals surface area contributed by atoms with Gasteiger partial charge in [0.1, 0.15) is 0 Å². The van der Waals surface area contributed by atoms with E-state index < -0.39 is 10.0 Å². The van der Waals surface area contributed by atoms with Gasteiger partial charge in [-0.05, 0) is 43.0 Å². The van der Waals surface area contributed by atoms with Gasteiger partial charge in [0, 0.05) is 4.88 Å². The second kappa shape index (κ2) is 8.95. The highest BCUT2D eigenvalue weighted by Gasteiger charge is 2.31. The van der Waals surface area contributed by atoms with Gasteiger partial charge in [0.25, 0.3) is 5.91 Å². The molecule has 2 heterocycles. The van der Waals surface area contributed by atoms with Crippen molar-refractivity contribution in [1.29, 1.82) is 0 Å². The third-order valence-corrected chi connectivity index (χ3v) is 7.64. The summed E-state index contributed by atoms with van der Waals surface area (Å²) in [5.74, 6) is -0.171. The standard InChI is InChI=1S/C19H24N4O3S2/c1-15-3-5-17(6-4-15)28(25,26)23-10-8-22(9-11-23)14-19(24)21-20-13-18-16(2)7-12-27-18/h3-7,12-13H,8-11,14H2,1-2H3,(H,21,24)/p+1/b20-13-. The average Bonchev–Trinajstić information content (AvgIpc) is 3.07. The van der Waals surface area contributed by atoms with Crippen LogP contribution in [0, 0.1) is 13.8 Å². The van der Waals surface area contributed by atoms with Crippen LogP contribution < -0.4 is 10.3 Å². The molecule has 1 aliphatic heterocycles. The summed E-state index contributed by atoms with van der Waals surface area (Å²) in [6.45, 7) is 6.17. The average molecular weight is 422 g/mol. The zero-order valence-electron chi connectivity index (χ0n) is 16.0. The van der Waals surface area contributed by atoms with E-state index in [1.807, 2.05) is 25.3 Å². The van der Waals surface area contributed by atoms with Crippen molar-refractivity contribution in [3.05, 3.63) is 51.7 Å². The Hall–Kier alpha value is -2.07. The lowest BCUT2D eigenvalue weighted by Gasteiger charge is -2.31. The molecule has 0 radical (unpaired) electrons. The Bertz CT molecular complexity index is 944. The number of aryl methyl sites for hydroxylation is 2. The van der Waals surface area contributed by atoms with Gasteiger partial charge >= 0.3 is 0 Å². The Morgan fingerprint density at radius 3 is 2.50 bits per heavy atom. The predicted octanol–water partition coefficient (Wildman–Crippen LogP) is 0.404. The van der Waals surface area contributed by atoms with E-state index in [2.05, 4.69) is 10.5 Å². The Morgan fingerprint density at radius 2 is 1.89 bits per heavy atom. The van der Waals surface area contributed by atoms with Gasteiger partial charge in [-0.1, -0.05) is 17.7 Å². The molecule has 1 aromatic carbocycles. The molecule has 1 fully saturated rings. The van der Waals surface area contributed by atoms with E-state index in [0.29, 0.717) is 31.1 Å². The molecule has 0 aliphatic carbocycles. The number of nitrogens with zero attached hydrogens (tertiary/aromatic N) is 2. The SMILES string of the molecule is Cc1ccc(S(=O)(=O)N2CC[NH+](CC(=O)N/N=C\c3sccc3C)CC2)cc1. The Morgan fingerprint density at radius 1 is 1.21 bits per heavy atom. The number of hydrogen-bond acceptors (Lipinski definition) is 5. The van der Waals surface area contributed by atoms with Gasteiger partial charge in [0.05, 0.1) is 37.3 Å². The van der Waals surface area contributed by atoms with Gasteiger partial charge in [-0.2, -0.15) is 9.41 Å². The topological polar surface area (TPSA) is 83.3 Å². The van der Waals surface area contributed by atoms with Crippen molar-refractivity contribution in [3.8, 4) is 0 Å². The van der Waals surface area contributed by atoms with Crippen molar-refractivity contribution in [2.45, 2.75) is 18.7 Å². The number of hydrogen-bond donors (Lipinski definition) is 2. The number of carbonyl (C=O) groups excluding carboxylic acids is 1. The molecule has 0 spiro atoms. The Kier molecular flexibility index (Phi) is 6.61. The zero-order chi connectivity index (χ0) is 20.1. The molecule has 0 bridgehead atoms. The van der Waals surface area contributed by atoms with Crippen molar-refractivity contribution in [3.63, 3.8) is 0 Å². The van der Waals surface area contributed by atoms with E-state index in [1.54, 1.807) is 41.8 Å². The summed E-state index contributed by atoms with van der Waals surface area (Å²) in [4.78, 5) is 14.5. The van der Waals surface area contributed by atoms with E-state index in [9.17, 15) is 13.2 Å². The largest absolute Gasteiger partial charge is 0.325 e. The fraction of sp³-hybridized carbons (Fsp3) is 0.368. The second-order valence-electron chi connectivity index (χ2n) is 6.90. The maximum Gasteiger partial charge on any atom is 0.295 e. The summed E-state index contributed by atoms with van der Waals surface area (Å²) in [5, 5.41) is 5.99. The molecule has 28 heavy (non-hydrogen) atoms. The molecule has 0 unspecified atom stereocenters. The quantitative estimate of drug-likeness (QED) is 0.523. The number of hydrazone groups is 1. The Balaban J connectivity index is 1.48. The summed E-state index contributed by atoms with van der Waals surface area (Å²) < 4.78 is 27.0. The summed E-state index contributed by atoms with van der Waals surface area (Å²) in [5.41, 5.74) is 4.70. The van der Waals surface area contributed by atoms with Crippen molar-refractivity contribution in [2.75, 3.05) is 32.7 Å². The zero-order valence-corrected chi connectivity index (χ0v) is 17.6. The summed E-state index contributed by atoms with van der Waals surface area (Å²) >= 11 is 1.57. The van der Waals surface area contributed by atoms with Gasteiger partial charge < -0.3 is 4.90 Å². The van der Waals surface area contributed by atoms with Crippen LogP contribution in [0.2, 0.25) is 0 Å². The monoisotopic (exact) mass is 421 g/mol. The molecule has 1 amide bonds. The summed E-state index contributed by atoms with van der Waals surface area (Å²) in [6, 6.07) is 8.89. The number of benzene rings is 1. The molecular formula is C19H25N4O3S2+.